The maximum atomic E-state index is 11.5. The first-order valence-electron chi connectivity index (χ1n) is 5.33. The van der Waals surface area contributed by atoms with Crippen molar-refractivity contribution in [3.05, 3.63) is 42.1 Å². The van der Waals surface area contributed by atoms with Crippen LogP contribution in [-0.2, 0) is 9.63 Å². The van der Waals surface area contributed by atoms with Gasteiger partial charge in [0.15, 0.2) is 18.1 Å². The van der Waals surface area contributed by atoms with Gasteiger partial charge >= 0.3 is 5.97 Å². The van der Waals surface area contributed by atoms with Gasteiger partial charge in [-0.25, -0.2) is 10.3 Å². The molecule has 2 rings (SSSR count). The molecule has 0 aliphatic heterocycles. The molecule has 0 aliphatic carbocycles. The number of aromatic nitrogens is 1. The molecular formula is C12H10N2O5. The summed E-state index contributed by atoms with van der Waals surface area (Å²) in [6, 6.07) is 10.6. The predicted octanol–water partition coefficient (Wildman–Crippen LogP) is 1.09. The molecule has 0 radical (unpaired) electrons. The molecule has 0 saturated heterocycles. The van der Waals surface area contributed by atoms with Gasteiger partial charge in [-0.3, -0.25) is 9.63 Å². The third-order valence-electron chi connectivity index (χ3n) is 2.16. The number of rotatable bonds is 5. The lowest BCUT2D eigenvalue weighted by molar-refractivity contribution is -0.144. The first kappa shape index (κ1) is 12.8. The van der Waals surface area contributed by atoms with Gasteiger partial charge < -0.3 is 9.63 Å². The van der Waals surface area contributed by atoms with Gasteiger partial charge in [-0.2, -0.15) is 0 Å². The fourth-order valence-electron chi connectivity index (χ4n) is 1.34. The third-order valence-corrected chi connectivity index (χ3v) is 2.16. The van der Waals surface area contributed by atoms with Crippen molar-refractivity contribution in [2.24, 2.45) is 0 Å². The number of hydrogen-bond acceptors (Lipinski definition) is 5. The fourth-order valence-corrected chi connectivity index (χ4v) is 1.34. The van der Waals surface area contributed by atoms with Gasteiger partial charge in [0.1, 0.15) is 0 Å². The highest BCUT2D eigenvalue weighted by Crippen LogP contribution is 2.19. The number of hydroxylamine groups is 1. The van der Waals surface area contributed by atoms with Crippen molar-refractivity contribution in [3.8, 4) is 11.3 Å². The lowest BCUT2D eigenvalue weighted by Gasteiger charge is -1.99. The first-order valence-corrected chi connectivity index (χ1v) is 5.33. The summed E-state index contributed by atoms with van der Waals surface area (Å²) >= 11 is 0. The summed E-state index contributed by atoms with van der Waals surface area (Å²) in [5.41, 5.74) is 2.73. The Morgan fingerprint density at radius 3 is 2.74 bits per heavy atom. The minimum atomic E-state index is -1.19. The number of amides is 1. The molecule has 1 heterocycles. The standard InChI is InChI=1S/C12H10N2O5/c15-11(16)7-18-14-12(17)9-6-10(19-13-9)8-4-2-1-3-5-8/h1-6H,7H2,(H,14,17)(H,15,16). The predicted molar refractivity (Wildman–Crippen MR) is 63.0 cm³/mol. The van der Waals surface area contributed by atoms with E-state index in [1.54, 1.807) is 0 Å². The van der Waals surface area contributed by atoms with Crippen molar-refractivity contribution in [2.75, 3.05) is 6.61 Å². The van der Waals surface area contributed by atoms with E-state index >= 15 is 0 Å². The summed E-state index contributed by atoms with van der Waals surface area (Å²) in [5, 5.41) is 11.9. The van der Waals surface area contributed by atoms with Crippen LogP contribution < -0.4 is 5.48 Å². The smallest absolute Gasteiger partial charge is 0.332 e. The highest BCUT2D eigenvalue weighted by atomic mass is 16.7. The second-order valence-corrected chi connectivity index (χ2v) is 3.56. The molecule has 19 heavy (non-hydrogen) atoms. The number of carboxylic acid groups (broad SMARTS) is 1. The second kappa shape index (κ2) is 5.78. The average Bonchev–Trinajstić information content (AvgIpc) is 2.89. The highest BCUT2D eigenvalue weighted by Gasteiger charge is 2.13. The Morgan fingerprint density at radius 2 is 2.05 bits per heavy atom. The maximum Gasteiger partial charge on any atom is 0.332 e. The molecule has 0 unspecified atom stereocenters. The van der Waals surface area contributed by atoms with Crippen LogP contribution in [-0.4, -0.2) is 28.7 Å². The third kappa shape index (κ3) is 3.39. The number of aliphatic carboxylic acids is 1. The minimum Gasteiger partial charge on any atom is -0.479 e. The number of carbonyl (C=O) groups excluding carboxylic acids is 1. The molecule has 0 saturated carbocycles. The Morgan fingerprint density at radius 1 is 1.32 bits per heavy atom. The zero-order valence-electron chi connectivity index (χ0n) is 9.70. The van der Waals surface area contributed by atoms with Gasteiger partial charge in [0.2, 0.25) is 0 Å². The number of carbonyl (C=O) groups is 2. The van der Waals surface area contributed by atoms with Crippen LogP contribution in [0.4, 0.5) is 0 Å². The number of hydrogen-bond donors (Lipinski definition) is 2. The Kier molecular flexibility index (Phi) is 3.89. The zero-order valence-corrected chi connectivity index (χ0v) is 9.70. The van der Waals surface area contributed by atoms with E-state index in [9.17, 15) is 9.59 Å². The summed E-state index contributed by atoms with van der Waals surface area (Å²) in [7, 11) is 0. The Labute approximate surface area is 107 Å². The molecule has 98 valence electrons. The fraction of sp³-hybridized carbons (Fsp3) is 0.0833. The molecule has 1 aromatic carbocycles. The van der Waals surface area contributed by atoms with Gasteiger partial charge in [-0.15, -0.1) is 0 Å². The second-order valence-electron chi connectivity index (χ2n) is 3.56. The van der Waals surface area contributed by atoms with E-state index in [-0.39, 0.29) is 5.69 Å². The zero-order chi connectivity index (χ0) is 13.7. The molecular weight excluding hydrogens is 252 g/mol. The number of nitrogens with one attached hydrogen (secondary N) is 1. The Hall–Kier alpha value is -2.67. The van der Waals surface area contributed by atoms with E-state index in [0.717, 1.165) is 5.56 Å². The Bertz CT molecular complexity index is 579. The molecule has 0 fully saturated rings. The van der Waals surface area contributed by atoms with E-state index in [2.05, 4.69) is 9.99 Å². The van der Waals surface area contributed by atoms with Crippen LogP contribution in [0.1, 0.15) is 10.5 Å². The molecule has 0 aliphatic rings. The van der Waals surface area contributed by atoms with Crippen molar-refractivity contribution in [1.82, 2.24) is 10.6 Å². The van der Waals surface area contributed by atoms with Crippen molar-refractivity contribution in [1.29, 1.82) is 0 Å². The molecule has 0 atom stereocenters. The van der Waals surface area contributed by atoms with E-state index in [1.165, 1.54) is 6.07 Å². The summed E-state index contributed by atoms with van der Waals surface area (Å²) in [6.07, 6.45) is 0. The van der Waals surface area contributed by atoms with Crippen molar-refractivity contribution in [2.45, 2.75) is 0 Å². The summed E-state index contributed by atoms with van der Waals surface area (Å²) in [6.45, 7) is -0.630. The first-order chi connectivity index (χ1) is 9.16. The quantitative estimate of drug-likeness (QED) is 0.782. The van der Waals surface area contributed by atoms with Crippen molar-refractivity contribution in [3.63, 3.8) is 0 Å². The van der Waals surface area contributed by atoms with Crippen LogP contribution in [0.25, 0.3) is 11.3 Å². The van der Waals surface area contributed by atoms with Crippen molar-refractivity contribution < 1.29 is 24.1 Å². The Balaban J connectivity index is 2.01. The molecule has 7 heteroatoms. The molecule has 0 spiro atoms. The minimum absolute atomic E-state index is 0.00393. The number of nitrogens with zero attached hydrogens (tertiary/aromatic N) is 1. The van der Waals surface area contributed by atoms with Crippen molar-refractivity contribution >= 4 is 11.9 Å². The SMILES string of the molecule is O=C(O)CONC(=O)c1cc(-c2ccccc2)on1. The summed E-state index contributed by atoms with van der Waals surface area (Å²) < 4.78 is 5.02. The van der Waals surface area contributed by atoms with E-state index in [0.29, 0.717) is 5.76 Å². The van der Waals surface area contributed by atoms with Gasteiger partial charge in [0.05, 0.1) is 0 Å². The summed E-state index contributed by atoms with van der Waals surface area (Å²) in [4.78, 5) is 26.2. The van der Waals surface area contributed by atoms with Crippen LogP contribution in [0, 0.1) is 0 Å². The number of benzene rings is 1. The van der Waals surface area contributed by atoms with Crippen LogP contribution in [0.15, 0.2) is 40.9 Å². The van der Waals surface area contributed by atoms with Crippen LogP contribution in [0.3, 0.4) is 0 Å². The van der Waals surface area contributed by atoms with E-state index in [4.69, 9.17) is 9.63 Å². The van der Waals surface area contributed by atoms with Crippen LogP contribution in [0.5, 0.6) is 0 Å². The molecule has 1 amide bonds. The molecule has 2 N–H and O–H groups in total. The highest BCUT2D eigenvalue weighted by molar-refractivity contribution is 5.92. The van der Waals surface area contributed by atoms with Gasteiger partial charge in [0, 0.05) is 11.6 Å². The van der Waals surface area contributed by atoms with Gasteiger partial charge in [0.25, 0.3) is 5.91 Å². The number of carboxylic acids is 1. The molecule has 0 bridgehead atoms. The maximum absolute atomic E-state index is 11.5. The lowest BCUT2D eigenvalue weighted by atomic mass is 10.2. The molecule has 7 nitrogen and oxygen atoms in total. The van der Waals surface area contributed by atoms with Gasteiger partial charge in [-0.1, -0.05) is 35.5 Å². The van der Waals surface area contributed by atoms with Crippen LogP contribution in [0.2, 0.25) is 0 Å². The topological polar surface area (TPSA) is 102 Å². The molecule has 1 aromatic heterocycles. The van der Waals surface area contributed by atoms with Crippen LogP contribution >= 0.6 is 0 Å². The molecule has 2 aromatic rings. The summed E-state index contributed by atoms with van der Waals surface area (Å²) in [5.74, 6) is -1.43. The average molecular weight is 262 g/mol. The van der Waals surface area contributed by atoms with E-state index in [1.807, 2.05) is 35.8 Å². The monoisotopic (exact) mass is 262 g/mol. The van der Waals surface area contributed by atoms with Gasteiger partial charge in [-0.05, 0) is 0 Å². The largest absolute Gasteiger partial charge is 0.479 e. The normalized spacial score (nSPS) is 10.1. The lowest BCUT2D eigenvalue weighted by Crippen LogP contribution is -2.26. The van der Waals surface area contributed by atoms with E-state index < -0.39 is 18.5 Å².